The maximum Gasteiger partial charge on any atom is 0.132 e. The van der Waals surface area contributed by atoms with E-state index in [-0.39, 0.29) is 0 Å². The fourth-order valence-electron chi connectivity index (χ4n) is 2.22. The van der Waals surface area contributed by atoms with Crippen molar-refractivity contribution in [1.82, 2.24) is 9.97 Å². The van der Waals surface area contributed by atoms with Crippen LogP contribution in [0.3, 0.4) is 0 Å². The first-order valence-corrected chi connectivity index (χ1v) is 7.04. The lowest BCUT2D eigenvalue weighted by atomic mass is 10.0. The van der Waals surface area contributed by atoms with Gasteiger partial charge in [-0.25, -0.2) is 9.97 Å². The molecule has 5 heteroatoms. The van der Waals surface area contributed by atoms with Gasteiger partial charge in [-0.1, -0.05) is 19.1 Å². The summed E-state index contributed by atoms with van der Waals surface area (Å²) in [6.07, 6.45) is 2.42. The topological polar surface area (TPSA) is 56.3 Å². The quantitative estimate of drug-likeness (QED) is 0.794. The molecule has 0 bridgehead atoms. The molecule has 0 saturated heterocycles. The van der Waals surface area contributed by atoms with Crippen molar-refractivity contribution in [2.45, 2.75) is 13.3 Å². The molecule has 0 unspecified atom stereocenters. The van der Waals surface area contributed by atoms with E-state index in [2.05, 4.69) is 22.2 Å². The average Bonchev–Trinajstić information content (AvgIpc) is 2.54. The Hall–Kier alpha value is -2.14. The Morgan fingerprint density at radius 1 is 1.14 bits per heavy atom. The summed E-state index contributed by atoms with van der Waals surface area (Å²) in [5.74, 6) is 1.67. The van der Waals surface area contributed by atoms with Gasteiger partial charge in [0, 0.05) is 25.3 Å². The third kappa shape index (κ3) is 3.49. The molecule has 0 atom stereocenters. The highest BCUT2D eigenvalue weighted by atomic mass is 16.5. The number of rotatable bonds is 7. The second-order valence-corrected chi connectivity index (χ2v) is 4.49. The number of methoxy groups -OCH3 is 1. The summed E-state index contributed by atoms with van der Waals surface area (Å²) < 4.78 is 10.8. The number of para-hydroxylation sites is 1. The van der Waals surface area contributed by atoms with Gasteiger partial charge in [0.1, 0.15) is 24.5 Å². The number of nitrogens with one attached hydrogen (secondary N) is 1. The third-order valence-corrected chi connectivity index (χ3v) is 3.22. The summed E-state index contributed by atoms with van der Waals surface area (Å²) in [6.45, 7) is 3.16. The molecule has 1 N–H and O–H groups in total. The molecule has 0 saturated carbocycles. The Labute approximate surface area is 125 Å². The molecule has 1 heterocycles. The average molecular weight is 287 g/mol. The van der Waals surface area contributed by atoms with Gasteiger partial charge in [-0.05, 0) is 18.6 Å². The summed E-state index contributed by atoms with van der Waals surface area (Å²) in [6, 6.07) is 7.91. The summed E-state index contributed by atoms with van der Waals surface area (Å²) in [7, 11) is 3.53. The number of benzene rings is 1. The standard InChI is InChI=1S/C16H21N3O2/c1-4-12-15(18-11-19-16(12)17-2)13-7-5-6-8-14(13)21-10-9-20-3/h5-8,11H,4,9-10H2,1-3H3,(H,17,18,19). The van der Waals surface area contributed by atoms with Gasteiger partial charge < -0.3 is 14.8 Å². The molecule has 0 radical (unpaired) electrons. The minimum absolute atomic E-state index is 0.513. The summed E-state index contributed by atoms with van der Waals surface area (Å²) in [5, 5.41) is 3.12. The van der Waals surface area contributed by atoms with Crippen LogP contribution in [0.25, 0.3) is 11.3 Å². The molecule has 2 aromatic rings. The number of ether oxygens (including phenoxy) is 2. The molecule has 0 aliphatic rings. The monoisotopic (exact) mass is 287 g/mol. The van der Waals surface area contributed by atoms with E-state index in [1.54, 1.807) is 13.4 Å². The highest BCUT2D eigenvalue weighted by molar-refractivity contribution is 5.73. The van der Waals surface area contributed by atoms with E-state index in [1.165, 1.54) is 0 Å². The first kappa shape index (κ1) is 15.3. The van der Waals surface area contributed by atoms with E-state index in [4.69, 9.17) is 9.47 Å². The lowest BCUT2D eigenvalue weighted by Gasteiger charge is -2.15. The fourth-order valence-corrected chi connectivity index (χ4v) is 2.22. The largest absolute Gasteiger partial charge is 0.490 e. The van der Waals surface area contributed by atoms with Crippen LogP contribution in [0.2, 0.25) is 0 Å². The van der Waals surface area contributed by atoms with Crippen molar-refractivity contribution in [3.05, 3.63) is 36.2 Å². The molecule has 0 fully saturated rings. The van der Waals surface area contributed by atoms with Crippen molar-refractivity contribution < 1.29 is 9.47 Å². The van der Waals surface area contributed by atoms with Crippen molar-refractivity contribution in [3.8, 4) is 17.0 Å². The first-order valence-electron chi connectivity index (χ1n) is 7.04. The minimum atomic E-state index is 0.513. The number of hydrogen-bond acceptors (Lipinski definition) is 5. The first-order chi connectivity index (χ1) is 10.3. The van der Waals surface area contributed by atoms with Gasteiger partial charge in [-0.15, -0.1) is 0 Å². The van der Waals surface area contributed by atoms with E-state index in [9.17, 15) is 0 Å². The Bertz CT molecular complexity index is 587. The Kier molecular flexibility index (Phi) is 5.51. The molecule has 0 aliphatic heterocycles. The molecular weight excluding hydrogens is 266 g/mol. The van der Waals surface area contributed by atoms with Crippen LogP contribution < -0.4 is 10.1 Å². The summed E-state index contributed by atoms with van der Waals surface area (Å²) in [4.78, 5) is 8.73. The molecule has 0 spiro atoms. The molecule has 5 nitrogen and oxygen atoms in total. The number of hydrogen-bond donors (Lipinski definition) is 1. The van der Waals surface area contributed by atoms with E-state index < -0.39 is 0 Å². The molecule has 0 aliphatic carbocycles. The van der Waals surface area contributed by atoms with Crippen LogP contribution in [0.4, 0.5) is 5.82 Å². The molecule has 1 aromatic heterocycles. The Morgan fingerprint density at radius 2 is 1.95 bits per heavy atom. The normalized spacial score (nSPS) is 10.4. The highest BCUT2D eigenvalue weighted by Crippen LogP contribution is 2.32. The maximum atomic E-state index is 5.80. The minimum Gasteiger partial charge on any atom is -0.490 e. The fraction of sp³-hybridized carbons (Fsp3) is 0.375. The molecular formula is C16H21N3O2. The van der Waals surface area contributed by atoms with Gasteiger partial charge >= 0.3 is 0 Å². The van der Waals surface area contributed by atoms with Gasteiger partial charge in [0.05, 0.1) is 12.3 Å². The third-order valence-electron chi connectivity index (χ3n) is 3.22. The lowest BCUT2D eigenvalue weighted by molar-refractivity contribution is 0.146. The van der Waals surface area contributed by atoms with Crippen LogP contribution >= 0.6 is 0 Å². The van der Waals surface area contributed by atoms with E-state index in [0.717, 1.165) is 34.8 Å². The van der Waals surface area contributed by atoms with Gasteiger partial charge in [-0.2, -0.15) is 0 Å². The van der Waals surface area contributed by atoms with E-state index in [1.807, 2.05) is 31.3 Å². The Morgan fingerprint density at radius 3 is 2.67 bits per heavy atom. The van der Waals surface area contributed by atoms with Crippen LogP contribution in [0.15, 0.2) is 30.6 Å². The maximum absolute atomic E-state index is 5.80. The molecule has 1 aromatic carbocycles. The summed E-state index contributed by atoms with van der Waals surface area (Å²) in [5.41, 5.74) is 2.97. The van der Waals surface area contributed by atoms with Gasteiger partial charge in [-0.3, -0.25) is 0 Å². The smallest absolute Gasteiger partial charge is 0.132 e. The SMILES string of the molecule is CCc1c(NC)ncnc1-c1ccccc1OCCOC. The molecule has 0 amide bonds. The number of anilines is 1. The predicted molar refractivity (Wildman–Crippen MR) is 83.8 cm³/mol. The number of aromatic nitrogens is 2. The van der Waals surface area contributed by atoms with Crippen molar-refractivity contribution in [2.24, 2.45) is 0 Å². The van der Waals surface area contributed by atoms with E-state index in [0.29, 0.717) is 13.2 Å². The number of nitrogens with zero attached hydrogens (tertiary/aromatic N) is 2. The van der Waals surface area contributed by atoms with Gasteiger partial charge in [0.25, 0.3) is 0 Å². The second-order valence-electron chi connectivity index (χ2n) is 4.49. The Balaban J connectivity index is 2.42. The second kappa shape index (κ2) is 7.59. The van der Waals surface area contributed by atoms with Gasteiger partial charge in [0.2, 0.25) is 0 Å². The van der Waals surface area contributed by atoms with Crippen LogP contribution in [0, 0.1) is 0 Å². The molecule has 2 rings (SSSR count). The van der Waals surface area contributed by atoms with Crippen LogP contribution in [-0.2, 0) is 11.2 Å². The van der Waals surface area contributed by atoms with Crippen LogP contribution in [-0.4, -0.2) is 37.3 Å². The zero-order valence-corrected chi connectivity index (χ0v) is 12.7. The van der Waals surface area contributed by atoms with Crippen molar-refractivity contribution >= 4 is 5.82 Å². The lowest BCUT2D eigenvalue weighted by Crippen LogP contribution is -2.06. The van der Waals surface area contributed by atoms with Crippen LogP contribution in [0.1, 0.15) is 12.5 Å². The van der Waals surface area contributed by atoms with Crippen molar-refractivity contribution in [2.75, 3.05) is 32.7 Å². The zero-order valence-electron chi connectivity index (χ0n) is 12.7. The van der Waals surface area contributed by atoms with Crippen molar-refractivity contribution in [1.29, 1.82) is 0 Å². The molecule has 21 heavy (non-hydrogen) atoms. The summed E-state index contributed by atoms with van der Waals surface area (Å²) >= 11 is 0. The van der Waals surface area contributed by atoms with E-state index >= 15 is 0 Å². The zero-order chi connectivity index (χ0) is 15.1. The predicted octanol–water partition coefficient (Wildman–Crippen LogP) is 2.77. The van der Waals surface area contributed by atoms with Gasteiger partial charge in [0.15, 0.2) is 0 Å². The molecule has 112 valence electrons. The van der Waals surface area contributed by atoms with Crippen molar-refractivity contribution in [3.63, 3.8) is 0 Å². The highest BCUT2D eigenvalue weighted by Gasteiger charge is 2.14. The van der Waals surface area contributed by atoms with Crippen LogP contribution in [0.5, 0.6) is 5.75 Å².